The van der Waals surface area contributed by atoms with Crippen LogP contribution in [0.15, 0.2) is 29.2 Å². The van der Waals surface area contributed by atoms with Gasteiger partial charge in [-0.1, -0.05) is 19.1 Å². The average Bonchev–Trinajstić information content (AvgIpc) is 2.48. The second kappa shape index (κ2) is 6.68. The van der Waals surface area contributed by atoms with Crippen LogP contribution in [0.4, 0.5) is 0 Å². The third-order valence-corrected chi connectivity index (χ3v) is 5.64. The molecule has 0 radical (unpaired) electrons. The number of carbonyl (C=O) groups is 1. The van der Waals surface area contributed by atoms with E-state index < -0.39 is 10.0 Å². The lowest BCUT2D eigenvalue weighted by Gasteiger charge is -2.33. The van der Waals surface area contributed by atoms with E-state index in [1.165, 1.54) is 17.3 Å². The highest BCUT2D eigenvalue weighted by Crippen LogP contribution is 2.19. The Hall–Kier alpha value is -1.24. The minimum absolute atomic E-state index is 0.125. The van der Waals surface area contributed by atoms with Gasteiger partial charge in [0.25, 0.3) is 0 Å². The lowest BCUT2D eigenvalue weighted by Crippen LogP contribution is -2.48. The smallest absolute Gasteiger partial charge is 0.243 e. The Morgan fingerprint density at radius 3 is 2.43 bits per heavy atom. The van der Waals surface area contributed by atoms with E-state index >= 15 is 0 Å². The van der Waals surface area contributed by atoms with Gasteiger partial charge in [-0.05, 0) is 32.0 Å². The highest BCUT2D eigenvalue weighted by atomic mass is 32.2. The Morgan fingerprint density at radius 2 is 1.86 bits per heavy atom. The van der Waals surface area contributed by atoms with E-state index in [1.54, 1.807) is 18.2 Å². The number of Topliss-reactive ketones (excluding diaryl/α,β-unsaturated/α-hetero) is 1. The molecule has 0 spiro atoms. The fourth-order valence-electron chi connectivity index (χ4n) is 2.53. The molecule has 0 amide bonds. The molecule has 0 aliphatic carbocycles. The molecule has 1 aromatic rings. The number of carbonyl (C=O) groups excluding carboxylic acids is 1. The molecule has 1 aliphatic rings. The number of rotatable bonds is 5. The quantitative estimate of drug-likeness (QED) is 0.775. The molecule has 1 aromatic carbocycles. The Bertz CT molecular complexity index is 605. The standard InChI is InChI=1S/C15H22N2O3S/c1-3-7-16-8-10-17(11-9-16)21(19,20)15-6-4-5-14(12-15)13(2)18/h4-6,12H,3,7-11H2,1-2H3. The molecule has 0 unspecified atom stereocenters. The minimum Gasteiger partial charge on any atom is -0.301 e. The molecule has 0 N–H and O–H groups in total. The zero-order valence-electron chi connectivity index (χ0n) is 12.6. The minimum atomic E-state index is -3.50. The first-order valence-electron chi connectivity index (χ1n) is 7.28. The topological polar surface area (TPSA) is 57.7 Å². The van der Waals surface area contributed by atoms with Crippen molar-refractivity contribution in [3.63, 3.8) is 0 Å². The largest absolute Gasteiger partial charge is 0.301 e. The van der Waals surface area contributed by atoms with Crippen molar-refractivity contribution >= 4 is 15.8 Å². The number of sulfonamides is 1. The van der Waals surface area contributed by atoms with Gasteiger partial charge in [-0.15, -0.1) is 0 Å². The molecule has 116 valence electrons. The van der Waals surface area contributed by atoms with Crippen LogP contribution in [0.25, 0.3) is 0 Å². The highest BCUT2D eigenvalue weighted by molar-refractivity contribution is 7.89. The van der Waals surface area contributed by atoms with Crippen molar-refractivity contribution < 1.29 is 13.2 Å². The summed E-state index contributed by atoms with van der Waals surface area (Å²) in [6, 6.07) is 6.29. The van der Waals surface area contributed by atoms with Crippen LogP contribution in [-0.4, -0.2) is 56.1 Å². The summed E-state index contributed by atoms with van der Waals surface area (Å²) in [5.74, 6) is -0.125. The third-order valence-electron chi connectivity index (χ3n) is 3.75. The monoisotopic (exact) mass is 310 g/mol. The van der Waals surface area contributed by atoms with E-state index in [-0.39, 0.29) is 10.7 Å². The van der Waals surface area contributed by atoms with Crippen molar-refractivity contribution in [2.45, 2.75) is 25.2 Å². The SMILES string of the molecule is CCCN1CCN(S(=O)(=O)c2cccc(C(C)=O)c2)CC1. The van der Waals surface area contributed by atoms with Gasteiger partial charge in [0, 0.05) is 31.7 Å². The maximum atomic E-state index is 12.6. The number of hydrogen-bond acceptors (Lipinski definition) is 4. The summed E-state index contributed by atoms with van der Waals surface area (Å²) in [6.45, 7) is 7.11. The number of nitrogens with zero attached hydrogens (tertiary/aromatic N) is 2. The molecule has 1 saturated heterocycles. The molecule has 1 fully saturated rings. The Morgan fingerprint density at radius 1 is 1.19 bits per heavy atom. The predicted octanol–water partition coefficient (Wildman–Crippen LogP) is 1.61. The van der Waals surface area contributed by atoms with Gasteiger partial charge in [-0.2, -0.15) is 4.31 Å². The summed E-state index contributed by atoms with van der Waals surface area (Å²) < 4.78 is 26.8. The Labute approximate surface area is 126 Å². The first-order valence-corrected chi connectivity index (χ1v) is 8.72. The first kappa shape index (κ1) is 16.1. The van der Waals surface area contributed by atoms with Gasteiger partial charge in [0.05, 0.1) is 4.90 Å². The summed E-state index contributed by atoms with van der Waals surface area (Å²) in [6.07, 6.45) is 1.08. The second-order valence-corrected chi connectivity index (χ2v) is 7.27. The van der Waals surface area contributed by atoms with Crippen molar-refractivity contribution in [3.05, 3.63) is 29.8 Å². The summed E-state index contributed by atoms with van der Waals surface area (Å²) in [4.78, 5) is 13.9. The van der Waals surface area contributed by atoms with Crippen molar-refractivity contribution in [1.29, 1.82) is 0 Å². The van der Waals surface area contributed by atoms with E-state index in [1.807, 2.05) is 0 Å². The molecule has 1 aliphatic heterocycles. The molecule has 2 rings (SSSR count). The summed E-state index contributed by atoms with van der Waals surface area (Å²) in [5.41, 5.74) is 0.431. The summed E-state index contributed by atoms with van der Waals surface area (Å²) in [5, 5.41) is 0. The fourth-order valence-corrected chi connectivity index (χ4v) is 4.00. The van der Waals surface area contributed by atoms with E-state index in [4.69, 9.17) is 0 Å². The second-order valence-electron chi connectivity index (χ2n) is 5.33. The van der Waals surface area contributed by atoms with Crippen LogP contribution in [0.1, 0.15) is 30.6 Å². The normalized spacial score (nSPS) is 17.8. The van der Waals surface area contributed by atoms with Gasteiger partial charge in [-0.3, -0.25) is 4.79 Å². The molecule has 5 nitrogen and oxygen atoms in total. The van der Waals surface area contributed by atoms with Gasteiger partial charge >= 0.3 is 0 Å². The molecule has 21 heavy (non-hydrogen) atoms. The third kappa shape index (κ3) is 3.70. The number of ketones is 1. The lowest BCUT2D eigenvalue weighted by molar-refractivity contribution is 0.101. The van der Waals surface area contributed by atoms with Crippen molar-refractivity contribution in [2.75, 3.05) is 32.7 Å². The van der Waals surface area contributed by atoms with Crippen LogP contribution >= 0.6 is 0 Å². The molecule has 0 aromatic heterocycles. The van der Waals surface area contributed by atoms with Gasteiger partial charge in [0.15, 0.2) is 5.78 Å². The van der Waals surface area contributed by atoms with Gasteiger partial charge in [-0.25, -0.2) is 8.42 Å². The van der Waals surface area contributed by atoms with Crippen LogP contribution in [-0.2, 0) is 10.0 Å². The predicted molar refractivity (Wildman–Crippen MR) is 81.9 cm³/mol. The van der Waals surface area contributed by atoms with Crippen LogP contribution in [0.5, 0.6) is 0 Å². The van der Waals surface area contributed by atoms with Gasteiger partial charge < -0.3 is 4.90 Å². The van der Waals surface area contributed by atoms with Crippen LogP contribution in [0.3, 0.4) is 0 Å². The molecule has 0 saturated carbocycles. The Kier molecular flexibility index (Phi) is 5.13. The zero-order valence-corrected chi connectivity index (χ0v) is 13.4. The van der Waals surface area contributed by atoms with Crippen LogP contribution in [0, 0.1) is 0 Å². The van der Waals surface area contributed by atoms with Gasteiger partial charge in [0.1, 0.15) is 0 Å². The average molecular weight is 310 g/mol. The zero-order chi connectivity index (χ0) is 15.5. The maximum Gasteiger partial charge on any atom is 0.243 e. The first-order chi connectivity index (χ1) is 9.95. The molecular weight excluding hydrogens is 288 g/mol. The van der Waals surface area contributed by atoms with E-state index in [9.17, 15) is 13.2 Å². The Balaban J connectivity index is 2.16. The molecular formula is C15H22N2O3S. The van der Waals surface area contributed by atoms with E-state index in [2.05, 4.69) is 11.8 Å². The fraction of sp³-hybridized carbons (Fsp3) is 0.533. The molecule has 0 bridgehead atoms. The van der Waals surface area contributed by atoms with Crippen molar-refractivity contribution in [3.8, 4) is 0 Å². The van der Waals surface area contributed by atoms with E-state index in [0.717, 1.165) is 26.1 Å². The number of piperazine rings is 1. The van der Waals surface area contributed by atoms with E-state index in [0.29, 0.717) is 18.7 Å². The maximum absolute atomic E-state index is 12.6. The molecule has 6 heteroatoms. The molecule has 1 heterocycles. The van der Waals surface area contributed by atoms with Crippen molar-refractivity contribution in [2.24, 2.45) is 0 Å². The highest BCUT2D eigenvalue weighted by Gasteiger charge is 2.28. The summed E-state index contributed by atoms with van der Waals surface area (Å²) in [7, 11) is -3.50. The van der Waals surface area contributed by atoms with Crippen molar-refractivity contribution in [1.82, 2.24) is 9.21 Å². The van der Waals surface area contributed by atoms with Crippen LogP contribution < -0.4 is 0 Å². The molecule has 0 atom stereocenters. The van der Waals surface area contributed by atoms with Gasteiger partial charge in [0.2, 0.25) is 10.0 Å². The summed E-state index contributed by atoms with van der Waals surface area (Å²) >= 11 is 0. The lowest BCUT2D eigenvalue weighted by atomic mass is 10.2. The van der Waals surface area contributed by atoms with Crippen LogP contribution in [0.2, 0.25) is 0 Å². The number of benzene rings is 1. The number of hydrogen-bond donors (Lipinski definition) is 0.